The highest BCUT2D eigenvalue weighted by molar-refractivity contribution is 7.18. The van der Waals surface area contributed by atoms with Gasteiger partial charge < -0.3 is 9.64 Å². The normalized spacial score (nSPS) is 14.6. The first kappa shape index (κ1) is 21.4. The van der Waals surface area contributed by atoms with Gasteiger partial charge in [-0.05, 0) is 44.4 Å². The Kier molecular flexibility index (Phi) is 6.00. The van der Waals surface area contributed by atoms with E-state index in [9.17, 15) is 14.4 Å². The van der Waals surface area contributed by atoms with E-state index >= 15 is 0 Å². The minimum atomic E-state index is -0.504. The SMILES string of the molecule is COc1cccc(-n2c(=O)c3c(C)c(C)sc3n(CC(=O)N3CCCCCC3)c2=O)c1. The molecular formula is C23H27N3O4S. The molecule has 31 heavy (non-hydrogen) atoms. The standard InChI is InChI=1S/C23H27N3O4S/c1-15-16(2)31-22-20(15)21(28)26(17-9-8-10-18(13-17)30-3)23(29)25(22)14-19(27)24-11-6-4-5-7-12-24/h8-10,13H,4-7,11-12,14H2,1-3H3. The fourth-order valence-electron chi connectivity index (χ4n) is 4.13. The molecule has 1 amide bonds. The Morgan fingerprint density at radius 1 is 1.10 bits per heavy atom. The predicted molar refractivity (Wildman–Crippen MR) is 123 cm³/mol. The van der Waals surface area contributed by atoms with Gasteiger partial charge in [-0.3, -0.25) is 14.2 Å². The van der Waals surface area contributed by atoms with E-state index in [1.54, 1.807) is 24.3 Å². The average Bonchev–Trinajstić information content (AvgIpc) is 2.94. The maximum atomic E-state index is 13.5. The molecule has 2 aromatic heterocycles. The number of hydrogen-bond acceptors (Lipinski definition) is 5. The van der Waals surface area contributed by atoms with E-state index in [0.717, 1.165) is 53.8 Å². The molecule has 0 saturated carbocycles. The van der Waals surface area contributed by atoms with E-state index in [4.69, 9.17) is 4.74 Å². The number of amides is 1. The average molecular weight is 442 g/mol. The molecule has 164 valence electrons. The van der Waals surface area contributed by atoms with Crippen LogP contribution in [0.5, 0.6) is 5.75 Å². The third-order valence-electron chi connectivity index (χ3n) is 6.01. The van der Waals surface area contributed by atoms with Crippen LogP contribution in [-0.2, 0) is 11.3 Å². The zero-order valence-electron chi connectivity index (χ0n) is 18.1. The molecular weight excluding hydrogens is 414 g/mol. The molecule has 1 saturated heterocycles. The van der Waals surface area contributed by atoms with E-state index in [2.05, 4.69) is 0 Å². The highest BCUT2D eigenvalue weighted by Crippen LogP contribution is 2.27. The molecule has 7 nitrogen and oxygen atoms in total. The number of likely N-dealkylation sites (tertiary alicyclic amines) is 1. The lowest BCUT2D eigenvalue weighted by Gasteiger charge is -2.21. The highest BCUT2D eigenvalue weighted by atomic mass is 32.1. The lowest BCUT2D eigenvalue weighted by atomic mass is 10.2. The van der Waals surface area contributed by atoms with Gasteiger partial charge in [0.2, 0.25) is 5.91 Å². The van der Waals surface area contributed by atoms with Gasteiger partial charge in [0, 0.05) is 24.0 Å². The molecule has 0 unspecified atom stereocenters. The molecule has 0 aliphatic carbocycles. The summed E-state index contributed by atoms with van der Waals surface area (Å²) in [6.07, 6.45) is 4.21. The first-order valence-corrected chi connectivity index (χ1v) is 11.4. The van der Waals surface area contributed by atoms with Gasteiger partial charge >= 0.3 is 5.69 Å². The Bertz CT molecular complexity index is 1250. The Morgan fingerprint density at radius 2 is 1.81 bits per heavy atom. The molecule has 4 rings (SSSR count). The van der Waals surface area contributed by atoms with Crippen molar-refractivity contribution >= 4 is 27.5 Å². The molecule has 0 spiro atoms. The molecule has 0 radical (unpaired) electrons. The summed E-state index contributed by atoms with van der Waals surface area (Å²) in [7, 11) is 1.54. The molecule has 1 aromatic carbocycles. The van der Waals surface area contributed by atoms with Crippen LogP contribution in [0.25, 0.3) is 15.9 Å². The number of benzene rings is 1. The second-order valence-electron chi connectivity index (χ2n) is 7.97. The number of carbonyl (C=O) groups excluding carboxylic acids is 1. The Morgan fingerprint density at radius 3 is 2.48 bits per heavy atom. The third kappa shape index (κ3) is 3.92. The fourth-order valence-corrected chi connectivity index (χ4v) is 5.27. The molecule has 1 aliphatic rings. The fraction of sp³-hybridized carbons (Fsp3) is 0.435. The van der Waals surface area contributed by atoms with Crippen LogP contribution in [-0.4, -0.2) is 40.1 Å². The van der Waals surface area contributed by atoms with Gasteiger partial charge in [0.1, 0.15) is 17.1 Å². The van der Waals surface area contributed by atoms with Crippen molar-refractivity contribution in [1.82, 2.24) is 14.0 Å². The van der Waals surface area contributed by atoms with E-state index in [1.807, 2.05) is 18.7 Å². The molecule has 3 heterocycles. The summed E-state index contributed by atoms with van der Waals surface area (Å²) < 4.78 is 7.89. The van der Waals surface area contributed by atoms with Crippen LogP contribution in [0.1, 0.15) is 36.1 Å². The molecule has 1 fully saturated rings. The lowest BCUT2D eigenvalue weighted by Crippen LogP contribution is -2.42. The number of fused-ring (bicyclic) bond motifs is 1. The van der Waals surface area contributed by atoms with Gasteiger partial charge in [-0.1, -0.05) is 18.9 Å². The number of aromatic nitrogens is 2. The van der Waals surface area contributed by atoms with E-state index < -0.39 is 5.69 Å². The van der Waals surface area contributed by atoms with E-state index in [0.29, 0.717) is 21.7 Å². The minimum Gasteiger partial charge on any atom is -0.497 e. The summed E-state index contributed by atoms with van der Waals surface area (Å²) in [5.41, 5.74) is 0.400. The first-order chi connectivity index (χ1) is 14.9. The van der Waals surface area contributed by atoms with Crippen LogP contribution in [0.15, 0.2) is 33.9 Å². The summed E-state index contributed by atoms with van der Waals surface area (Å²) in [6, 6.07) is 6.86. The number of ether oxygens (including phenoxy) is 1. The van der Waals surface area contributed by atoms with Gasteiger partial charge in [0.15, 0.2) is 0 Å². The second-order valence-corrected chi connectivity index (χ2v) is 9.17. The zero-order chi connectivity index (χ0) is 22.1. The van der Waals surface area contributed by atoms with Crippen molar-refractivity contribution in [1.29, 1.82) is 0 Å². The number of carbonyl (C=O) groups is 1. The van der Waals surface area contributed by atoms with Crippen molar-refractivity contribution < 1.29 is 9.53 Å². The van der Waals surface area contributed by atoms with E-state index in [1.165, 1.54) is 23.0 Å². The zero-order valence-corrected chi connectivity index (χ0v) is 19.0. The maximum Gasteiger partial charge on any atom is 0.337 e. The molecule has 3 aromatic rings. The molecule has 1 aliphatic heterocycles. The van der Waals surface area contributed by atoms with E-state index in [-0.39, 0.29) is 18.0 Å². The number of nitrogens with zero attached hydrogens (tertiary/aromatic N) is 3. The monoisotopic (exact) mass is 441 g/mol. The quantitative estimate of drug-likeness (QED) is 0.623. The Labute approximate surface area is 184 Å². The van der Waals surface area contributed by atoms with Crippen LogP contribution in [0, 0.1) is 13.8 Å². The predicted octanol–water partition coefficient (Wildman–Crippen LogP) is 3.24. The van der Waals surface area contributed by atoms with Crippen molar-refractivity contribution in [3.8, 4) is 11.4 Å². The molecule has 0 N–H and O–H groups in total. The number of rotatable bonds is 4. The van der Waals surface area contributed by atoms with Gasteiger partial charge in [-0.15, -0.1) is 11.3 Å². The van der Waals surface area contributed by atoms with Crippen molar-refractivity contribution in [2.75, 3.05) is 20.2 Å². The van der Waals surface area contributed by atoms with Crippen LogP contribution in [0.2, 0.25) is 0 Å². The largest absolute Gasteiger partial charge is 0.497 e. The summed E-state index contributed by atoms with van der Waals surface area (Å²) in [5.74, 6) is 0.471. The first-order valence-electron chi connectivity index (χ1n) is 10.6. The third-order valence-corrected chi connectivity index (χ3v) is 7.24. The van der Waals surface area contributed by atoms with Crippen molar-refractivity contribution in [2.24, 2.45) is 0 Å². The van der Waals surface area contributed by atoms with Gasteiger partial charge in [-0.2, -0.15) is 0 Å². The Hall–Kier alpha value is -2.87. The summed E-state index contributed by atoms with van der Waals surface area (Å²) >= 11 is 1.39. The number of thiophene rings is 1. The number of hydrogen-bond donors (Lipinski definition) is 0. The van der Waals surface area contributed by atoms with Crippen molar-refractivity contribution in [3.63, 3.8) is 0 Å². The molecule has 0 atom stereocenters. The number of methoxy groups -OCH3 is 1. The van der Waals surface area contributed by atoms with Crippen LogP contribution in [0.3, 0.4) is 0 Å². The van der Waals surface area contributed by atoms with Crippen LogP contribution < -0.4 is 16.0 Å². The molecule has 8 heteroatoms. The highest BCUT2D eigenvalue weighted by Gasteiger charge is 2.23. The Balaban J connectivity index is 1.90. The summed E-state index contributed by atoms with van der Waals surface area (Å²) in [4.78, 5) is 43.4. The lowest BCUT2D eigenvalue weighted by molar-refractivity contribution is -0.131. The molecule has 0 bridgehead atoms. The van der Waals surface area contributed by atoms with Crippen molar-refractivity contribution in [3.05, 3.63) is 55.5 Å². The van der Waals surface area contributed by atoms with Crippen LogP contribution in [0.4, 0.5) is 0 Å². The van der Waals surface area contributed by atoms with Gasteiger partial charge in [0.25, 0.3) is 5.56 Å². The summed E-state index contributed by atoms with van der Waals surface area (Å²) in [6.45, 7) is 5.18. The summed E-state index contributed by atoms with van der Waals surface area (Å²) in [5, 5.41) is 0.494. The van der Waals surface area contributed by atoms with Crippen molar-refractivity contribution in [2.45, 2.75) is 46.1 Å². The van der Waals surface area contributed by atoms with Gasteiger partial charge in [0.05, 0.1) is 18.2 Å². The number of aryl methyl sites for hydroxylation is 2. The minimum absolute atomic E-state index is 0.0705. The second kappa shape index (κ2) is 8.70. The van der Waals surface area contributed by atoms with Crippen LogP contribution >= 0.6 is 11.3 Å². The maximum absolute atomic E-state index is 13.5. The van der Waals surface area contributed by atoms with Gasteiger partial charge in [-0.25, -0.2) is 9.36 Å². The topological polar surface area (TPSA) is 73.5 Å². The smallest absolute Gasteiger partial charge is 0.337 e.